The first-order valence-electron chi connectivity index (χ1n) is 6.96. The van der Waals surface area contributed by atoms with Gasteiger partial charge in [-0.3, -0.25) is 9.00 Å². The number of carbonyl (C=O) groups is 2. The van der Waals surface area contributed by atoms with E-state index in [4.69, 9.17) is 5.11 Å². The van der Waals surface area contributed by atoms with Gasteiger partial charge in [0.2, 0.25) is 0 Å². The quantitative estimate of drug-likeness (QED) is 0.921. The Bertz CT molecular complexity index is 568. The molecule has 2 atom stereocenters. The van der Waals surface area contributed by atoms with Gasteiger partial charge in [-0.15, -0.1) is 0 Å². The third-order valence-corrected chi connectivity index (χ3v) is 5.15. The van der Waals surface area contributed by atoms with E-state index < -0.39 is 22.8 Å². The van der Waals surface area contributed by atoms with Gasteiger partial charge in [-0.25, -0.2) is 4.79 Å². The second-order valence-electron chi connectivity index (χ2n) is 5.37. The van der Waals surface area contributed by atoms with Crippen LogP contribution in [-0.4, -0.2) is 43.9 Å². The SMILES string of the molecule is CC(C)[S@](=O)c1ccc(C(=O)N2CCC[C@@H]2C(=O)O)cc1. The van der Waals surface area contributed by atoms with Gasteiger partial charge >= 0.3 is 5.97 Å². The molecule has 0 unspecified atom stereocenters. The maximum absolute atomic E-state index is 12.4. The zero-order valence-corrected chi connectivity index (χ0v) is 12.9. The van der Waals surface area contributed by atoms with Crippen molar-refractivity contribution in [3.8, 4) is 0 Å². The van der Waals surface area contributed by atoms with Gasteiger partial charge in [0.05, 0.1) is 10.8 Å². The summed E-state index contributed by atoms with van der Waals surface area (Å²) in [4.78, 5) is 25.6. The van der Waals surface area contributed by atoms with Crippen LogP contribution in [-0.2, 0) is 15.6 Å². The highest BCUT2D eigenvalue weighted by Crippen LogP contribution is 2.21. The standard InChI is InChI=1S/C15H19NO4S/c1-10(2)21(20)12-7-5-11(6-8-12)14(17)16-9-3-4-13(16)15(18)19/h5-8,10,13H,3-4,9H2,1-2H3,(H,18,19)/t13-,21+/m1/s1. The highest BCUT2D eigenvalue weighted by Gasteiger charge is 2.34. The van der Waals surface area contributed by atoms with Crippen LogP contribution in [0.4, 0.5) is 0 Å². The zero-order chi connectivity index (χ0) is 15.6. The maximum atomic E-state index is 12.4. The van der Waals surface area contributed by atoms with E-state index in [9.17, 15) is 13.8 Å². The molecule has 1 aromatic rings. The van der Waals surface area contributed by atoms with E-state index in [0.717, 1.165) is 0 Å². The van der Waals surface area contributed by atoms with E-state index in [0.29, 0.717) is 29.8 Å². The molecular weight excluding hydrogens is 290 g/mol. The van der Waals surface area contributed by atoms with Crippen LogP contribution >= 0.6 is 0 Å². The minimum Gasteiger partial charge on any atom is -0.480 e. The van der Waals surface area contributed by atoms with Gasteiger partial charge in [-0.2, -0.15) is 0 Å². The molecule has 1 amide bonds. The molecule has 0 radical (unpaired) electrons. The number of rotatable bonds is 4. The number of benzene rings is 1. The fourth-order valence-corrected chi connectivity index (χ4v) is 3.38. The topological polar surface area (TPSA) is 74.7 Å². The number of hydrogen-bond acceptors (Lipinski definition) is 3. The Labute approximate surface area is 126 Å². The molecule has 1 saturated heterocycles. The molecule has 0 spiro atoms. The van der Waals surface area contributed by atoms with Crippen LogP contribution in [0.25, 0.3) is 0 Å². The molecule has 1 N–H and O–H groups in total. The van der Waals surface area contributed by atoms with Crippen LogP contribution in [0.5, 0.6) is 0 Å². The van der Waals surface area contributed by atoms with Gasteiger partial charge < -0.3 is 10.0 Å². The lowest BCUT2D eigenvalue weighted by Gasteiger charge is -2.21. The molecule has 114 valence electrons. The molecule has 21 heavy (non-hydrogen) atoms. The van der Waals surface area contributed by atoms with Gasteiger partial charge in [-0.05, 0) is 37.1 Å². The summed E-state index contributed by atoms with van der Waals surface area (Å²) in [5.41, 5.74) is 0.438. The summed E-state index contributed by atoms with van der Waals surface area (Å²) in [5, 5.41) is 9.14. The van der Waals surface area contributed by atoms with Crippen molar-refractivity contribution >= 4 is 22.7 Å². The van der Waals surface area contributed by atoms with Crippen LogP contribution in [0.1, 0.15) is 37.0 Å². The lowest BCUT2D eigenvalue weighted by molar-refractivity contribution is -0.141. The molecule has 0 saturated carbocycles. The van der Waals surface area contributed by atoms with Crippen molar-refractivity contribution in [3.63, 3.8) is 0 Å². The minimum absolute atomic E-state index is 0.0153. The number of aliphatic carboxylic acids is 1. The number of amides is 1. The van der Waals surface area contributed by atoms with Gasteiger partial charge in [0.1, 0.15) is 6.04 Å². The Kier molecular flexibility index (Phi) is 4.77. The number of carboxylic acid groups (broad SMARTS) is 1. The second-order valence-corrected chi connectivity index (χ2v) is 7.37. The van der Waals surface area contributed by atoms with Gasteiger partial charge in [-0.1, -0.05) is 13.8 Å². The Balaban J connectivity index is 2.17. The summed E-state index contributed by atoms with van der Waals surface area (Å²) in [5.74, 6) is -1.24. The predicted octanol–water partition coefficient (Wildman–Crippen LogP) is 1.89. The molecule has 1 fully saturated rings. The molecule has 0 aromatic heterocycles. The molecule has 1 aliphatic rings. The fraction of sp³-hybridized carbons (Fsp3) is 0.467. The summed E-state index contributed by atoms with van der Waals surface area (Å²) < 4.78 is 12.0. The van der Waals surface area contributed by atoms with E-state index in [-0.39, 0.29) is 11.2 Å². The number of carbonyl (C=O) groups excluding carboxylic acids is 1. The minimum atomic E-state index is -1.09. The highest BCUT2D eigenvalue weighted by atomic mass is 32.2. The molecule has 0 bridgehead atoms. The molecule has 1 aliphatic heterocycles. The molecule has 5 nitrogen and oxygen atoms in total. The number of hydrogen-bond donors (Lipinski definition) is 1. The number of likely N-dealkylation sites (tertiary alicyclic amines) is 1. The molecular formula is C15H19NO4S. The molecule has 1 heterocycles. The van der Waals surface area contributed by atoms with Crippen molar-refractivity contribution in [2.45, 2.75) is 42.9 Å². The van der Waals surface area contributed by atoms with Crippen molar-refractivity contribution in [2.75, 3.05) is 6.54 Å². The summed E-state index contributed by atoms with van der Waals surface area (Å²) in [6.45, 7) is 4.21. The van der Waals surface area contributed by atoms with Crippen molar-refractivity contribution < 1.29 is 18.9 Å². The Hall–Kier alpha value is -1.69. The number of carboxylic acids is 1. The monoisotopic (exact) mass is 309 g/mol. The molecule has 6 heteroatoms. The third-order valence-electron chi connectivity index (χ3n) is 3.56. The van der Waals surface area contributed by atoms with E-state index in [2.05, 4.69) is 0 Å². The van der Waals surface area contributed by atoms with Gasteiger partial charge in [0.25, 0.3) is 5.91 Å². The Morgan fingerprint density at radius 3 is 2.43 bits per heavy atom. The fourth-order valence-electron chi connectivity index (χ4n) is 2.44. The Morgan fingerprint density at radius 1 is 1.29 bits per heavy atom. The third kappa shape index (κ3) is 3.32. The first kappa shape index (κ1) is 15.7. The average Bonchev–Trinajstić information content (AvgIpc) is 2.95. The van der Waals surface area contributed by atoms with Gasteiger partial charge in [0.15, 0.2) is 0 Å². The van der Waals surface area contributed by atoms with Crippen molar-refractivity contribution in [3.05, 3.63) is 29.8 Å². The van der Waals surface area contributed by atoms with Crippen molar-refractivity contribution in [2.24, 2.45) is 0 Å². The van der Waals surface area contributed by atoms with Crippen LogP contribution in [0.2, 0.25) is 0 Å². The lowest BCUT2D eigenvalue weighted by Crippen LogP contribution is -2.40. The maximum Gasteiger partial charge on any atom is 0.326 e. The van der Waals surface area contributed by atoms with E-state index in [1.54, 1.807) is 24.3 Å². The van der Waals surface area contributed by atoms with Gasteiger partial charge in [0, 0.05) is 22.3 Å². The van der Waals surface area contributed by atoms with Crippen molar-refractivity contribution in [1.82, 2.24) is 4.90 Å². The summed E-state index contributed by atoms with van der Waals surface area (Å²) in [7, 11) is -1.09. The first-order valence-corrected chi connectivity index (χ1v) is 8.17. The largest absolute Gasteiger partial charge is 0.480 e. The smallest absolute Gasteiger partial charge is 0.326 e. The Morgan fingerprint density at radius 2 is 1.90 bits per heavy atom. The summed E-state index contributed by atoms with van der Waals surface area (Å²) in [6, 6.07) is 5.86. The summed E-state index contributed by atoms with van der Waals surface area (Å²) in [6.07, 6.45) is 1.20. The van der Waals surface area contributed by atoms with Crippen LogP contribution in [0, 0.1) is 0 Å². The highest BCUT2D eigenvalue weighted by molar-refractivity contribution is 7.85. The normalized spacial score (nSPS) is 19.8. The van der Waals surface area contributed by atoms with E-state index in [1.165, 1.54) is 4.90 Å². The van der Waals surface area contributed by atoms with Crippen LogP contribution < -0.4 is 0 Å². The number of nitrogens with zero attached hydrogens (tertiary/aromatic N) is 1. The van der Waals surface area contributed by atoms with E-state index >= 15 is 0 Å². The molecule has 2 rings (SSSR count). The van der Waals surface area contributed by atoms with Crippen LogP contribution in [0.15, 0.2) is 29.2 Å². The second kappa shape index (κ2) is 6.39. The molecule has 0 aliphatic carbocycles. The molecule has 1 aromatic carbocycles. The van der Waals surface area contributed by atoms with E-state index in [1.807, 2.05) is 13.8 Å². The summed E-state index contributed by atoms with van der Waals surface area (Å²) >= 11 is 0. The van der Waals surface area contributed by atoms with Crippen LogP contribution in [0.3, 0.4) is 0 Å². The predicted molar refractivity (Wildman–Crippen MR) is 79.7 cm³/mol. The van der Waals surface area contributed by atoms with Crippen molar-refractivity contribution in [1.29, 1.82) is 0 Å². The lowest BCUT2D eigenvalue weighted by atomic mass is 10.1. The first-order chi connectivity index (χ1) is 9.91. The zero-order valence-electron chi connectivity index (χ0n) is 12.1. The average molecular weight is 309 g/mol.